The summed E-state index contributed by atoms with van der Waals surface area (Å²) < 4.78 is 31.7. The van der Waals surface area contributed by atoms with Crippen molar-refractivity contribution < 1.29 is 18.6 Å². The fourth-order valence-electron chi connectivity index (χ4n) is 1.75. The second-order valence-electron chi connectivity index (χ2n) is 4.24. The van der Waals surface area contributed by atoms with Crippen LogP contribution >= 0.6 is 0 Å². The monoisotopic (exact) mass is 264 g/mol. The Morgan fingerprint density at radius 3 is 2.58 bits per heavy atom. The van der Waals surface area contributed by atoms with Crippen LogP contribution in [0.4, 0.5) is 8.78 Å². The average molecular weight is 264 g/mol. The molecular formula is C15H14F2O2. The lowest BCUT2D eigenvalue weighted by molar-refractivity contribution is 0.190. The Hall–Kier alpha value is -1.94. The number of aliphatic hydroxyl groups excluding tert-OH is 1. The minimum absolute atomic E-state index is 0.0180. The van der Waals surface area contributed by atoms with Gasteiger partial charge in [-0.2, -0.15) is 0 Å². The summed E-state index contributed by atoms with van der Waals surface area (Å²) in [7, 11) is 0. The van der Waals surface area contributed by atoms with Crippen LogP contribution in [0.25, 0.3) is 0 Å². The number of hydrogen-bond donors (Lipinski definition) is 1. The summed E-state index contributed by atoms with van der Waals surface area (Å²) in [6.07, 6.45) is -0.672. The third kappa shape index (κ3) is 3.29. The molecule has 0 fully saturated rings. The number of rotatable bonds is 4. The van der Waals surface area contributed by atoms with E-state index in [4.69, 9.17) is 4.74 Å². The summed E-state index contributed by atoms with van der Waals surface area (Å²) in [5.41, 5.74) is 0.895. The number of aliphatic hydroxyl groups is 1. The second kappa shape index (κ2) is 5.80. The summed E-state index contributed by atoms with van der Waals surface area (Å²) in [5, 5.41) is 9.59. The van der Waals surface area contributed by atoms with Crippen LogP contribution in [0, 0.1) is 11.6 Å². The van der Waals surface area contributed by atoms with Gasteiger partial charge in [-0.1, -0.05) is 18.2 Å². The van der Waals surface area contributed by atoms with Gasteiger partial charge in [-0.3, -0.25) is 0 Å². The van der Waals surface area contributed by atoms with Gasteiger partial charge in [-0.25, -0.2) is 8.78 Å². The van der Waals surface area contributed by atoms with Crippen LogP contribution in [0.5, 0.6) is 5.75 Å². The van der Waals surface area contributed by atoms with E-state index < -0.39 is 17.7 Å². The van der Waals surface area contributed by atoms with Gasteiger partial charge in [0.2, 0.25) is 0 Å². The molecule has 4 heteroatoms. The van der Waals surface area contributed by atoms with Crippen molar-refractivity contribution in [2.75, 3.05) is 0 Å². The first-order valence-electron chi connectivity index (χ1n) is 5.91. The second-order valence-corrected chi connectivity index (χ2v) is 4.24. The van der Waals surface area contributed by atoms with Crippen LogP contribution in [0.15, 0.2) is 42.5 Å². The van der Waals surface area contributed by atoms with Crippen LogP contribution in [0.3, 0.4) is 0 Å². The molecule has 0 amide bonds. The molecule has 2 aromatic rings. The molecule has 0 aromatic heterocycles. The highest BCUT2D eigenvalue weighted by atomic mass is 19.1. The quantitative estimate of drug-likeness (QED) is 0.914. The summed E-state index contributed by atoms with van der Waals surface area (Å²) in [6, 6.07) is 10.3. The van der Waals surface area contributed by atoms with Crippen molar-refractivity contribution in [2.24, 2.45) is 0 Å². The number of benzene rings is 2. The fraction of sp³-hybridized carbons (Fsp3) is 0.200. The lowest BCUT2D eigenvalue weighted by Crippen LogP contribution is -2.02. The zero-order valence-corrected chi connectivity index (χ0v) is 10.4. The SMILES string of the molecule is CC(O)c1ccccc1OCc1ccc(F)cc1F. The van der Waals surface area contributed by atoms with Crippen molar-refractivity contribution in [3.63, 3.8) is 0 Å². The van der Waals surface area contributed by atoms with E-state index in [0.29, 0.717) is 11.3 Å². The van der Waals surface area contributed by atoms with Crippen LogP contribution < -0.4 is 4.74 Å². The zero-order valence-electron chi connectivity index (χ0n) is 10.4. The molecular weight excluding hydrogens is 250 g/mol. The van der Waals surface area contributed by atoms with E-state index in [0.717, 1.165) is 6.07 Å². The Bertz CT molecular complexity index is 568. The highest BCUT2D eigenvalue weighted by Crippen LogP contribution is 2.25. The maximum absolute atomic E-state index is 13.4. The molecule has 100 valence electrons. The van der Waals surface area contributed by atoms with Crippen molar-refractivity contribution in [1.82, 2.24) is 0 Å². The van der Waals surface area contributed by atoms with Gasteiger partial charge >= 0.3 is 0 Å². The first-order chi connectivity index (χ1) is 9.08. The van der Waals surface area contributed by atoms with E-state index in [9.17, 15) is 13.9 Å². The number of para-hydroxylation sites is 1. The minimum Gasteiger partial charge on any atom is -0.488 e. The maximum Gasteiger partial charge on any atom is 0.132 e. The van der Waals surface area contributed by atoms with Crippen LogP contribution in [-0.2, 0) is 6.61 Å². The predicted molar refractivity (Wildman–Crippen MR) is 67.8 cm³/mol. The molecule has 2 aromatic carbocycles. The Balaban J connectivity index is 2.14. The summed E-state index contributed by atoms with van der Waals surface area (Å²) in [5.74, 6) is -0.776. The van der Waals surface area contributed by atoms with Gasteiger partial charge in [0.1, 0.15) is 24.0 Å². The minimum atomic E-state index is -0.672. The van der Waals surface area contributed by atoms with Gasteiger partial charge in [0.05, 0.1) is 6.10 Å². The first-order valence-corrected chi connectivity index (χ1v) is 5.91. The molecule has 0 saturated carbocycles. The van der Waals surface area contributed by atoms with Crippen molar-refractivity contribution in [2.45, 2.75) is 19.6 Å². The molecule has 0 aliphatic rings. The molecule has 0 saturated heterocycles. The predicted octanol–water partition coefficient (Wildman–Crippen LogP) is 3.60. The number of halogens is 2. The van der Waals surface area contributed by atoms with Crippen LogP contribution in [-0.4, -0.2) is 5.11 Å². The number of hydrogen-bond acceptors (Lipinski definition) is 2. The molecule has 0 heterocycles. The number of ether oxygens (including phenoxy) is 1. The molecule has 1 atom stereocenters. The molecule has 0 aliphatic carbocycles. The normalized spacial score (nSPS) is 12.2. The Morgan fingerprint density at radius 2 is 1.89 bits per heavy atom. The summed E-state index contributed by atoms with van der Waals surface area (Å²) >= 11 is 0. The van der Waals surface area contributed by atoms with Gasteiger partial charge < -0.3 is 9.84 Å². The Morgan fingerprint density at radius 1 is 1.16 bits per heavy atom. The largest absolute Gasteiger partial charge is 0.488 e. The average Bonchev–Trinajstić information content (AvgIpc) is 2.38. The summed E-state index contributed by atoms with van der Waals surface area (Å²) in [6.45, 7) is 1.61. The molecule has 1 N–H and O–H groups in total. The third-order valence-electron chi connectivity index (χ3n) is 2.77. The van der Waals surface area contributed by atoms with Gasteiger partial charge in [0.15, 0.2) is 0 Å². The van der Waals surface area contributed by atoms with Crippen molar-refractivity contribution in [3.8, 4) is 5.75 Å². The Labute approximate surface area is 110 Å². The molecule has 0 spiro atoms. The molecule has 2 nitrogen and oxygen atoms in total. The van der Waals surface area contributed by atoms with Gasteiger partial charge in [-0.15, -0.1) is 0 Å². The lowest BCUT2D eigenvalue weighted by Gasteiger charge is -2.13. The van der Waals surface area contributed by atoms with E-state index in [1.807, 2.05) is 0 Å². The summed E-state index contributed by atoms with van der Waals surface area (Å²) in [4.78, 5) is 0. The molecule has 0 radical (unpaired) electrons. The molecule has 0 aliphatic heterocycles. The lowest BCUT2D eigenvalue weighted by atomic mass is 10.1. The van der Waals surface area contributed by atoms with Gasteiger partial charge in [0, 0.05) is 17.2 Å². The van der Waals surface area contributed by atoms with Gasteiger partial charge in [0.25, 0.3) is 0 Å². The van der Waals surface area contributed by atoms with Crippen molar-refractivity contribution >= 4 is 0 Å². The highest BCUT2D eigenvalue weighted by molar-refractivity contribution is 5.35. The molecule has 0 bridgehead atoms. The Kier molecular flexibility index (Phi) is 4.12. The molecule has 19 heavy (non-hydrogen) atoms. The first kappa shape index (κ1) is 13.5. The molecule has 1 unspecified atom stereocenters. The standard InChI is InChI=1S/C15H14F2O2/c1-10(18)13-4-2-3-5-15(13)19-9-11-6-7-12(16)8-14(11)17/h2-8,10,18H,9H2,1H3. The van der Waals surface area contributed by atoms with Gasteiger partial charge in [-0.05, 0) is 25.1 Å². The highest BCUT2D eigenvalue weighted by Gasteiger charge is 2.10. The van der Waals surface area contributed by atoms with Crippen molar-refractivity contribution in [3.05, 3.63) is 65.2 Å². The van der Waals surface area contributed by atoms with E-state index in [-0.39, 0.29) is 12.2 Å². The smallest absolute Gasteiger partial charge is 0.132 e. The van der Waals surface area contributed by atoms with E-state index in [1.165, 1.54) is 12.1 Å². The topological polar surface area (TPSA) is 29.5 Å². The van der Waals surface area contributed by atoms with Crippen molar-refractivity contribution in [1.29, 1.82) is 0 Å². The maximum atomic E-state index is 13.4. The fourth-order valence-corrected chi connectivity index (χ4v) is 1.75. The van der Waals surface area contributed by atoms with E-state index in [1.54, 1.807) is 31.2 Å². The molecule has 2 rings (SSSR count). The van der Waals surface area contributed by atoms with E-state index >= 15 is 0 Å². The zero-order chi connectivity index (χ0) is 13.8. The van der Waals surface area contributed by atoms with Crippen LogP contribution in [0.1, 0.15) is 24.2 Å². The van der Waals surface area contributed by atoms with Crippen LogP contribution in [0.2, 0.25) is 0 Å². The third-order valence-corrected chi connectivity index (χ3v) is 2.77. The van der Waals surface area contributed by atoms with E-state index in [2.05, 4.69) is 0 Å².